The maximum absolute atomic E-state index is 12.6. The molecule has 6 atom stereocenters. The molecule has 1 aliphatic carbocycles. The first-order valence-corrected chi connectivity index (χ1v) is 18.4. The average Bonchev–Trinajstić information content (AvgIpc) is 3.29. The molecule has 1 fully saturated rings. The topological polar surface area (TPSA) is 151 Å². The van der Waals surface area contributed by atoms with Crippen LogP contribution in [-0.2, 0) is 23.9 Å². The molecule has 0 heterocycles. The highest BCUT2D eigenvalue weighted by Crippen LogP contribution is 2.36. The minimum Gasteiger partial charge on any atom is -0.463 e. The first kappa shape index (κ1) is 42.2. The summed E-state index contributed by atoms with van der Waals surface area (Å²) in [7, 11) is 0. The van der Waals surface area contributed by atoms with E-state index in [9.17, 15) is 34.8 Å². The van der Waals surface area contributed by atoms with Crippen molar-refractivity contribution in [1.82, 2.24) is 0 Å². The predicted octanol–water partition coefficient (Wildman–Crippen LogP) is 6.51. The predicted molar refractivity (Wildman–Crippen MR) is 180 cm³/mol. The highest BCUT2D eigenvalue weighted by atomic mass is 16.6. The van der Waals surface area contributed by atoms with E-state index in [-0.39, 0.29) is 56.6 Å². The molecular formula is C37H66O9. The third kappa shape index (κ3) is 21.1. The zero-order valence-electron chi connectivity index (χ0n) is 28.9. The van der Waals surface area contributed by atoms with Gasteiger partial charge in [0, 0.05) is 43.9 Å². The van der Waals surface area contributed by atoms with Gasteiger partial charge in [-0.3, -0.25) is 14.4 Å². The van der Waals surface area contributed by atoms with Crippen LogP contribution >= 0.6 is 0 Å². The molecule has 1 saturated carbocycles. The average molecular weight is 655 g/mol. The molecule has 1 aliphatic rings. The van der Waals surface area contributed by atoms with Gasteiger partial charge in [0.25, 0.3) is 0 Å². The quantitative estimate of drug-likeness (QED) is 0.0402. The molecule has 0 aromatic carbocycles. The molecule has 0 aromatic heterocycles. The van der Waals surface area contributed by atoms with E-state index in [0.717, 1.165) is 38.5 Å². The molecule has 0 bridgehead atoms. The molecule has 9 nitrogen and oxygen atoms in total. The van der Waals surface area contributed by atoms with Crippen LogP contribution in [0.1, 0.15) is 155 Å². The smallest absolute Gasteiger partial charge is 0.305 e. The summed E-state index contributed by atoms with van der Waals surface area (Å²) in [4.78, 5) is 36.6. The van der Waals surface area contributed by atoms with Crippen molar-refractivity contribution in [3.8, 4) is 0 Å². The Labute approximate surface area is 278 Å². The van der Waals surface area contributed by atoms with Crippen molar-refractivity contribution in [3.63, 3.8) is 0 Å². The Morgan fingerprint density at radius 1 is 0.674 bits per heavy atom. The lowest BCUT2D eigenvalue weighted by Gasteiger charge is -2.20. The number of hydrogen-bond donors (Lipinski definition) is 4. The number of aliphatic hydroxyl groups excluding tert-OH is 4. The summed E-state index contributed by atoms with van der Waals surface area (Å²) >= 11 is 0. The monoisotopic (exact) mass is 654 g/mol. The molecule has 0 saturated heterocycles. The van der Waals surface area contributed by atoms with Gasteiger partial charge in [0.2, 0.25) is 0 Å². The minimum absolute atomic E-state index is 0.0428. The molecular weight excluding hydrogens is 588 g/mol. The van der Waals surface area contributed by atoms with Crippen LogP contribution in [0.2, 0.25) is 0 Å². The van der Waals surface area contributed by atoms with Gasteiger partial charge in [0.05, 0.1) is 18.3 Å². The third-order valence-corrected chi connectivity index (χ3v) is 8.98. The summed E-state index contributed by atoms with van der Waals surface area (Å²) in [5, 5.41) is 41.0. The summed E-state index contributed by atoms with van der Waals surface area (Å²) in [6, 6.07) is 0. The van der Waals surface area contributed by atoms with Crippen molar-refractivity contribution in [2.45, 2.75) is 180 Å². The molecule has 46 heavy (non-hydrogen) atoms. The van der Waals surface area contributed by atoms with E-state index in [1.807, 2.05) is 0 Å². The van der Waals surface area contributed by atoms with Crippen LogP contribution in [0.3, 0.4) is 0 Å². The zero-order valence-corrected chi connectivity index (χ0v) is 28.9. The Hall–Kier alpha value is -1.81. The van der Waals surface area contributed by atoms with E-state index in [2.05, 4.69) is 13.8 Å². The molecule has 0 spiro atoms. The maximum Gasteiger partial charge on any atom is 0.305 e. The molecule has 0 unspecified atom stereocenters. The number of ketones is 1. The number of ether oxygens (including phenoxy) is 2. The summed E-state index contributed by atoms with van der Waals surface area (Å²) in [5.41, 5.74) is 0. The van der Waals surface area contributed by atoms with E-state index in [1.165, 1.54) is 51.4 Å². The van der Waals surface area contributed by atoms with Crippen molar-refractivity contribution in [2.24, 2.45) is 11.8 Å². The number of aliphatic hydroxyl groups is 4. The number of carbonyl (C=O) groups is 3. The van der Waals surface area contributed by atoms with E-state index < -0.39 is 36.3 Å². The molecule has 9 heteroatoms. The molecule has 0 aliphatic heterocycles. The number of carbonyl (C=O) groups excluding carboxylic acids is 3. The Bertz CT molecular complexity index is 830. The fourth-order valence-corrected chi connectivity index (χ4v) is 6.08. The van der Waals surface area contributed by atoms with Crippen molar-refractivity contribution in [3.05, 3.63) is 12.2 Å². The van der Waals surface area contributed by atoms with Gasteiger partial charge in [-0.05, 0) is 25.7 Å². The minimum atomic E-state index is -1.08. The van der Waals surface area contributed by atoms with Gasteiger partial charge in [-0.1, -0.05) is 109 Å². The molecule has 4 N–H and O–H groups in total. The highest BCUT2D eigenvalue weighted by Gasteiger charge is 2.41. The normalized spacial score (nSPS) is 21.0. The van der Waals surface area contributed by atoms with Crippen LogP contribution in [0.4, 0.5) is 0 Å². The second-order valence-electron chi connectivity index (χ2n) is 13.3. The molecule has 0 radical (unpaired) electrons. The number of unbranched alkanes of at least 4 members (excludes halogenated alkanes) is 13. The number of Topliss-reactive ketones (excluding diaryl/α,β-unsaturated/α-hetero) is 1. The van der Waals surface area contributed by atoms with Gasteiger partial charge in [-0.25, -0.2) is 0 Å². The van der Waals surface area contributed by atoms with Crippen LogP contribution < -0.4 is 0 Å². The number of esters is 2. The Morgan fingerprint density at radius 3 is 1.72 bits per heavy atom. The molecule has 0 aromatic rings. The van der Waals surface area contributed by atoms with Gasteiger partial charge >= 0.3 is 11.9 Å². The zero-order chi connectivity index (χ0) is 34.0. The summed E-state index contributed by atoms with van der Waals surface area (Å²) in [5.74, 6) is -1.67. The van der Waals surface area contributed by atoms with Crippen molar-refractivity contribution >= 4 is 17.7 Å². The second-order valence-corrected chi connectivity index (χ2v) is 13.3. The lowest BCUT2D eigenvalue weighted by molar-refractivity contribution is -0.152. The van der Waals surface area contributed by atoms with Crippen molar-refractivity contribution in [2.75, 3.05) is 13.2 Å². The fraction of sp³-hybridized carbons (Fsp3) is 0.865. The Morgan fingerprint density at radius 2 is 1.15 bits per heavy atom. The van der Waals surface area contributed by atoms with Crippen LogP contribution in [0.15, 0.2) is 12.2 Å². The Kier molecular flexibility index (Phi) is 24.9. The lowest BCUT2D eigenvalue weighted by Crippen LogP contribution is -2.25. The summed E-state index contributed by atoms with van der Waals surface area (Å²) < 4.78 is 10.2. The van der Waals surface area contributed by atoms with Gasteiger partial charge in [-0.2, -0.15) is 0 Å². The van der Waals surface area contributed by atoms with Gasteiger partial charge in [-0.15, -0.1) is 0 Å². The number of hydrogen-bond acceptors (Lipinski definition) is 9. The Balaban J connectivity index is 2.12. The SMILES string of the molecule is CCCCCCCCCCCCCC(=O)OC[C@H](O)COC(=O)CCCCC(=O)C[C@@H]1[C@@H](/C=C/[C@@H](O)CCCCC)[C@H](O)C[C@@H]1O. The molecule has 0 amide bonds. The number of rotatable bonds is 29. The van der Waals surface area contributed by atoms with Gasteiger partial charge < -0.3 is 29.9 Å². The largest absolute Gasteiger partial charge is 0.463 e. The van der Waals surface area contributed by atoms with E-state index in [0.29, 0.717) is 25.7 Å². The van der Waals surface area contributed by atoms with Crippen molar-refractivity contribution < 1.29 is 44.3 Å². The first-order valence-electron chi connectivity index (χ1n) is 18.4. The van der Waals surface area contributed by atoms with Crippen molar-refractivity contribution in [1.29, 1.82) is 0 Å². The van der Waals surface area contributed by atoms with Crippen LogP contribution in [0.25, 0.3) is 0 Å². The second kappa shape index (κ2) is 27.2. The van der Waals surface area contributed by atoms with Crippen LogP contribution in [0.5, 0.6) is 0 Å². The van der Waals surface area contributed by atoms with Gasteiger partial charge in [0.15, 0.2) is 0 Å². The fourth-order valence-electron chi connectivity index (χ4n) is 6.08. The van der Waals surface area contributed by atoms with E-state index >= 15 is 0 Å². The van der Waals surface area contributed by atoms with E-state index in [4.69, 9.17) is 9.47 Å². The standard InChI is InChI=1S/C37H66O9/c1-3-5-7-8-9-10-11-12-13-14-16-21-36(43)45-27-31(40)28-46-37(44)22-18-17-20-30(39)25-33-32(34(41)26-35(33)42)24-23-29(38)19-15-6-4-2/h23-24,29,31-35,38,40-42H,3-22,25-28H2,1-2H3/b24-23+/t29-,31-,32+,33+,34+,35-/m0/s1. The summed E-state index contributed by atoms with van der Waals surface area (Å²) in [6.07, 6.45) is 19.0. The maximum atomic E-state index is 12.6. The molecule has 268 valence electrons. The van der Waals surface area contributed by atoms with Gasteiger partial charge in [0.1, 0.15) is 25.1 Å². The third-order valence-electron chi connectivity index (χ3n) is 8.98. The summed E-state index contributed by atoms with van der Waals surface area (Å²) in [6.45, 7) is 3.86. The molecule has 1 rings (SSSR count). The van der Waals surface area contributed by atoms with E-state index in [1.54, 1.807) is 12.2 Å². The van der Waals surface area contributed by atoms with Crippen LogP contribution in [-0.4, -0.2) is 75.8 Å². The lowest BCUT2D eigenvalue weighted by atomic mass is 9.87. The highest BCUT2D eigenvalue weighted by molar-refractivity contribution is 5.79. The first-order chi connectivity index (χ1) is 22.2. The van der Waals surface area contributed by atoms with Crippen LogP contribution in [0, 0.1) is 11.8 Å².